The molecule has 33 heavy (non-hydrogen) atoms. The molecule has 0 spiro atoms. The van der Waals surface area contributed by atoms with E-state index in [1.165, 1.54) is 24.2 Å². The van der Waals surface area contributed by atoms with Gasteiger partial charge in [0.15, 0.2) is 11.5 Å². The van der Waals surface area contributed by atoms with Gasteiger partial charge in [-0.2, -0.15) is 0 Å². The number of pyridine rings is 1. The van der Waals surface area contributed by atoms with Crippen LogP contribution in [-0.4, -0.2) is 35.9 Å². The summed E-state index contributed by atoms with van der Waals surface area (Å²) in [4.78, 5) is 17.9. The molecule has 0 amide bonds. The molecule has 1 unspecified atom stereocenters. The molecule has 0 bridgehead atoms. The number of aromatic nitrogens is 2. The Hall–Kier alpha value is -2.87. The van der Waals surface area contributed by atoms with Crippen LogP contribution in [-0.2, 0) is 0 Å². The van der Waals surface area contributed by atoms with Crippen molar-refractivity contribution in [1.29, 1.82) is 0 Å². The standard InChI is InChI=1S/C25H24ClN3O3S/c1-31-22-15-19(8-9-21(22)32-14-11-18-3-2-12-27-18)29-13-10-20-23(25(29)30)33-24(28-20)16-4-6-17(26)7-5-16/h4-10,13,15,18,27H,2-3,11-12,14H2,1H3. The van der Waals surface area contributed by atoms with E-state index in [-0.39, 0.29) is 5.56 Å². The number of benzene rings is 2. The van der Waals surface area contributed by atoms with E-state index in [2.05, 4.69) is 10.3 Å². The van der Waals surface area contributed by atoms with E-state index in [1.807, 2.05) is 48.5 Å². The molecule has 6 nitrogen and oxygen atoms in total. The molecule has 4 aromatic rings. The van der Waals surface area contributed by atoms with Crippen molar-refractivity contribution in [2.45, 2.75) is 25.3 Å². The van der Waals surface area contributed by atoms with Gasteiger partial charge in [0.25, 0.3) is 5.56 Å². The molecule has 1 fully saturated rings. The number of ether oxygens (including phenoxy) is 2. The summed E-state index contributed by atoms with van der Waals surface area (Å²) in [5, 5.41) is 4.93. The van der Waals surface area contributed by atoms with E-state index in [9.17, 15) is 4.79 Å². The van der Waals surface area contributed by atoms with Crippen LogP contribution in [0.4, 0.5) is 0 Å². The first kappa shape index (κ1) is 21.9. The zero-order valence-corrected chi connectivity index (χ0v) is 19.8. The third-order valence-electron chi connectivity index (χ3n) is 5.85. The van der Waals surface area contributed by atoms with Gasteiger partial charge in [0, 0.05) is 28.9 Å². The fourth-order valence-electron chi connectivity index (χ4n) is 4.08. The number of rotatable bonds is 7. The van der Waals surface area contributed by atoms with Gasteiger partial charge in [0.2, 0.25) is 0 Å². The number of halogens is 1. The Labute approximate surface area is 200 Å². The number of thiazole rings is 1. The lowest BCUT2D eigenvalue weighted by Crippen LogP contribution is -2.23. The van der Waals surface area contributed by atoms with Crippen LogP contribution in [0.2, 0.25) is 5.02 Å². The molecule has 0 aliphatic carbocycles. The molecule has 2 aromatic carbocycles. The molecule has 1 atom stereocenters. The Bertz CT molecular complexity index is 1330. The van der Waals surface area contributed by atoms with Gasteiger partial charge in [0.1, 0.15) is 9.71 Å². The SMILES string of the molecule is COc1cc(-n2ccc3nc(-c4ccc(Cl)cc4)sc3c2=O)ccc1OCCC1CCCN1. The quantitative estimate of drug-likeness (QED) is 0.388. The van der Waals surface area contributed by atoms with Crippen LogP contribution in [0.15, 0.2) is 59.5 Å². The van der Waals surface area contributed by atoms with Gasteiger partial charge >= 0.3 is 0 Å². The smallest absolute Gasteiger partial charge is 0.274 e. The average molecular weight is 482 g/mol. The maximum atomic E-state index is 13.3. The highest BCUT2D eigenvalue weighted by Gasteiger charge is 2.16. The van der Waals surface area contributed by atoms with Crippen LogP contribution in [0.25, 0.3) is 26.5 Å². The second-order valence-corrected chi connectivity index (χ2v) is 9.43. The van der Waals surface area contributed by atoms with Crippen molar-refractivity contribution in [3.05, 3.63) is 70.1 Å². The monoisotopic (exact) mass is 481 g/mol. The van der Waals surface area contributed by atoms with E-state index < -0.39 is 0 Å². The zero-order chi connectivity index (χ0) is 22.8. The molecule has 3 heterocycles. The fraction of sp³-hybridized carbons (Fsp3) is 0.280. The molecule has 5 rings (SSSR count). The largest absolute Gasteiger partial charge is 0.493 e. The fourth-order valence-corrected chi connectivity index (χ4v) is 5.20. The van der Waals surface area contributed by atoms with Crippen molar-refractivity contribution >= 4 is 33.2 Å². The molecule has 2 aromatic heterocycles. The maximum Gasteiger partial charge on any atom is 0.274 e. The lowest BCUT2D eigenvalue weighted by atomic mass is 10.2. The van der Waals surface area contributed by atoms with Gasteiger partial charge in [-0.25, -0.2) is 4.98 Å². The van der Waals surface area contributed by atoms with E-state index in [0.29, 0.717) is 45.1 Å². The maximum absolute atomic E-state index is 13.3. The van der Waals surface area contributed by atoms with Crippen LogP contribution in [0.3, 0.4) is 0 Å². The first-order valence-corrected chi connectivity index (χ1v) is 12.1. The highest BCUT2D eigenvalue weighted by atomic mass is 35.5. The van der Waals surface area contributed by atoms with Gasteiger partial charge in [-0.1, -0.05) is 23.7 Å². The summed E-state index contributed by atoms with van der Waals surface area (Å²) in [6.07, 6.45) is 5.13. The molecule has 1 aliphatic heterocycles. The van der Waals surface area contributed by atoms with Crippen molar-refractivity contribution in [1.82, 2.24) is 14.9 Å². The Kier molecular flexibility index (Phi) is 6.35. The van der Waals surface area contributed by atoms with Crippen LogP contribution in [0.1, 0.15) is 19.3 Å². The van der Waals surface area contributed by atoms with Crippen LogP contribution >= 0.6 is 22.9 Å². The summed E-state index contributed by atoms with van der Waals surface area (Å²) in [5.74, 6) is 1.28. The molecule has 170 valence electrons. The summed E-state index contributed by atoms with van der Waals surface area (Å²) in [6, 6.07) is 15.4. The number of hydrogen-bond donors (Lipinski definition) is 1. The van der Waals surface area contributed by atoms with Gasteiger partial charge in [-0.15, -0.1) is 11.3 Å². The third kappa shape index (κ3) is 4.62. The summed E-state index contributed by atoms with van der Waals surface area (Å²) in [5.41, 5.74) is 2.21. The molecule has 1 aliphatic rings. The lowest BCUT2D eigenvalue weighted by molar-refractivity contribution is 0.275. The predicted molar refractivity (Wildman–Crippen MR) is 133 cm³/mol. The topological polar surface area (TPSA) is 65.4 Å². The molecule has 0 saturated carbocycles. The van der Waals surface area contributed by atoms with Gasteiger partial charge in [-0.3, -0.25) is 9.36 Å². The summed E-state index contributed by atoms with van der Waals surface area (Å²) in [7, 11) is 1.61. The summed E-state index contributed by atoms with van der Waals surface area (Å²) >= 11 is 7.37. The second-order valence-electron chi connectivity index (χ2n) is 8.00. The molecular formula is C25H24ClN3O3S. The minimum absolute atomic E-state index is 0.117. The molecule has 1 saturated heterocycles. The summed E-state index contributed by atoms with van der Waals surface area (Å²) in [6.45, 7) is 1.70. The minimum Gasteiger partial charge on any atom is -0.493 e. The predicted octanol–water partition coefficient (Wildman–Crippen LogP) is 5.30. The van der Waals surface area contributed by atoms with Gasteiger partial charge in [-0.05, 0) is 56.1 Å². The molecular weight excluding hydrogens is 458 g/mol. The van der Waals surface area contributed by atoms with Crippen molar-refractivity contribution in [3.63, 3.8) is 0 Å². The van der Waals surface area contributed by atoms with Crippen LogP contribution < -0.4 is 20.3 Å². The van der Waals surface area contributed by atoms with E-state index in [1.54, 1.807) is 17.9 Å². The highest BCUT2D eigenvalue weighted by molar-refractivity contribution is 7.21. The van der Waals surface area contributed by atoms with Crippen LogP contribution in [0.5, 0.6) is 11.5 Å². The van der Waals surface area contributed by atoms with Crippen LogP contribution in [0, 0.1) is 0 Å². The van der Waals surface area contributed by atoms with E-state index in [0.717, 1.165) is 23.5 Å². The van der Waals surface area contributed by atoms with E-state index >= 15 is 0 Å². The van der Waals surface area contributed by atoms with Gasteiger partial charge < -0.3 is 14.8 Å². The number of methoxy groups -OCH3 is 1. The molecule has 1 N–H and O–H groups in total. The Balaban J connectivity index is 1.41. The Morgan fingerprint density at radius 3 is 2.79 bits per heavy atom. The number of nitrogens with zero attached hydrogens (tertiary/aromatic N) is 2. The number of nitrogens with one attached hydrogen (secondary N) is 1. The molecule has 0 radical (unpaired) electrons. The first-order chi connectivity index (χ1) is 16.1. The number of hydrogen-bond acceptors (Lipinski definition) is 6. The molecule has 8 heteroatoms. The normalized spacial score (nSPS) is 15.8. The van der Waals surface area contributed by atoms with Crippen molar-refractivity contribution in [2.24, 2.45) is 0 Å². The number of fused-ring (bicyclic) bond motifs is 1. The van der Waals surface area contributed by atoms with Crippen molar-refractivity contribution in [3.8, 4) is 27.8 Å². The average Bonchev–Trinajstić information content (AvgIpc) is 3.51. The first-order valence-electron chi connectivity index (χ1n) is 10.9. The van der Waals surface area contributed by atoms with Crippen molar-refractivity contribution in [2.75, 3.05) is 20.3 Å². The Morgan fingerprint density at radius 1 is 1.18 bits per heavy atom. The van der Waals surface area contributed by atoms with Gasteiger partial charge in [0.05, 0.1) is 24.9 Å². The lowest BCUT2D eigenvalue weighted by Gasteiger charge is -2.15. The highest BCUT2D eigenvalue weighted by Crippen LogP contribution is 2.32. The van der Waals surface area contributed by atoms with Crippen molar-refractivity contribution < 1.29 is 9.47 Å². The zero-order valence-electron chi connectivity index (χ0n) is 18.2. The minimum atomic E-state index is -0.117. The van der Waals surface area contributed by atoms with E-state index in [4.69, 9.17) is 21.1 Å². The third-order valence-corrected chi connectivity index (χ3v) is 7.21. The Morgan fingerprint density at radius 2 is 2.03 bits per heavy atom. The second kappa shape index (κ2) is 9.55. The summed E-state index contributed by atoms with van der Waals surface area (Å²) < 4.78 is 13.7.